The second kappa shape index (κ2) is 8.74. The molecule has 0 aliphatic rings. The molecule has 0 aliphatic heterocycles. The van der Waals surface area contributed by atoms with Crippen molar-refractivity contribution in [1.82, 2.24) is 10.6 Å². The highest BCUT2D eigenvalue weighted by Crippen LogP contribution is 1.86. The van der Waals surface area contributed by atoms with Gasteiger partial charge in [-0.05, 0) is 0 Å². The Morgan fingerprint density at radius 1 is 1.21 bits per heavy atom. The highest BCUT2D eigenvalue weighted by molar-refractivity contribution is 5.73. The monoisotopic (exact) mass is 206 g/mol. The van der Waals surface area contributed by atoms with E-state index in [-0.39, 0.29) is 6.03 Å². The fraction of sp³-hybridized carbons (Fsp3) is 0.875. The lowest BCUT2D eigenvalue weighted by Crippen LogP contribution is -2.41. The summed E-state index contributed by atoms with van der Waals surface area (Å²) in [6.45, 7) is 1.28. The van der Waals surface area contributed by atoms with Gasteiger partial charge >= 0.3 is 6.03 Å². The van der Waals surface area contributed by atoms with Crippen LogP contribution in [0.2, 0.25) is 0 Å². The number of rotatable bonds is 7. The van der Waals surface area contributed by atoms with Gasteiger partial charge in [-0.15, -0.1) is 0 Å². The van der Waals surface area contributed by atoms with E-state index in [9.17, 15) is 4.79 Å². The summed E-state index contributed by atoms with van der Waals surface area (Å²) in [5.41, 5.74) is 0. The number of methoxy groups -OCH3 is 3. The zero-order chi connectivity index (χ0) is 10.8. The lowest BCUT2D eigenvalue weighted by molar-refractivity contribution is -0.0971. The first-order chi connectivity index (χ1) is 6.74. The van der Waals surface area contributed by atoms with Gasteiger partial charge in [-0.3, -0.25) is 0 Å². The fourth-order valence-electron chi connectivity index (χ4n) is 0.768. The van der Waals surface area contributed by atoms with E-state index in [1.807, 2.05) is 0 Å². The van der Waals surface area contributed by atoms with E-state index in [1.165, 1.54) is 14.2 Å². The van der Waals surface area contributed by atoms with Crippen LogP contribution >= 0.6 is 0 Å². The Labute approximate surface area is 83.9 Å². The Morgan fingerprint density at radius 2 is 1.86 bits per heavy atom. The van der Waals surface area contributed by atoms with E-state index in [2.05, 4.69) is 10.6 Å². The third kappa shape index (κ3) is 6.64. The van der Waals surface area contributed by atoms with Gasteiger partial charge in [0.1, 0.15) is 0 Å². The van der Waals surface area contributed by atoms with Gasteiger partial charge in [0.2, 0.25) is 0 Å². The summed E-state index contributed by atoms with van der Waals surface area (Å²) in [7, 11) is 4.60. The van der Waals surface area contributed by atoms with Gasteiger partial charge in [0.15, 0.2) is 6.29 Å². The summed E-state index contributed by atoms with van der Waals surface area (Å²) in [5, 5.41) is 5.19. The maximum absolute atomic E-state index is 11.1. The predicted molar refractivity (Wildman–Crippen MR) is 51.1 cm³/mol. The van der Waals surface area contributed by atoms with E-state index in [0.29, 0.717) is 19.7 Å². The van der Waals surface area contributed by atoms with Crippen molar-refractivity contribution in [3.8, 4) is 0 Å². The number of nitrogens with one attached hydrogen (secondary N) is 2. The SMILES string of the molecule is COCCNC(=O)NCC(OC)OC. The van der Waals surface area contributed by atoms with Crippen molar-refractivity contribution in [3.05, 3.63) is 0 Å². The Morgan fingerprint density at radius 3 is 2.36 bits per heavy atom. The Balaban J connectivity index is 3.42. The molecule has 0 radical (unpaired) electrons. The zero-order valence-electron chi connectivity index (χ0n) is 8.83. The molecule has 2 N–H and O–H groups in total. The molecule has 0 fully saturated rings. The molecule has 0 spiro atoms. The summed E-state index contributed by atoms with van der Waals surface area (Å²) < 4.78 is 14.5. The summed E-state index contributed by atoms with van der Waals surface area (Å²) >= 11 is 0. The van der Waals surface area contributed by atoms with Crippen LogP contribution in [0.1, 0.15) is 0 Å². The number of carbonyl (C=O) groups is 1. The van der Waals surface area contributed by atoms with Gasteiger partial charge in [-0.2, -0.15) is 0 Å². The van der Waals surface area contributed by atoms with Crippen LogP contribution in [-0.4, -0.2) is 53.3 Å². The topological polar surface area (TPSA) is 68.8 Å². The van der Waals surface area contributed by atoms with Crippen LogP contribution in [0.5, 0.6) is 0 Å². The van der Waals surface area contributed by atoms with Gasteiger partial charge in [-0.25, -0.2) is 4.79 Å². The first kappa shape index (κ1) is 13.2. The molecule has 6 heteroatoms. The van der Waals surface area contributed by atoms with Crippen molar-refractivity contribution in [2.24, 2.45) is 0 Å². The smallest absolute Gasteiger partial charge is 0.315 e. The van der Waals surface area contributed by atoms with Gasteiger partial charge in [-0.1, -0.05) is 0 Å². The van der Waals surface area contributed by atoms with Crippen LogP contribution in [0.15, 0.2) is 0 Å². The lowest BCUT2D eigenvalue weighted by atomic mass is 10.6. The first-order valence-corrected chi connectivity index (χ1v) is 4.30. The second-order valence-electron chi connectivity index (χ2n) is 2.53. The van der Waals surface area contributed by atoms with Crippen LogP contribution in [-0.2, 0) is 14.2 Å². The number of ether oxygens (including phenoxy) is 3. The molecule has 2 amide bonds. The number of hydrogen-bond donors (Lipinski definition) is 2. The van der Waals surface area contributed by atoms with Crippen LogP contribution in [0, 0.1) is 0 Å². The highest BCUT2D eigenvalue weighted by atomic mass is 16.7. The van der Waals surface area contributed by atoms with Crippen LogP contribution in [0.4, 0.5) is 4.79 Å². The zero-order valence-corrected chi connectivity index (χ0v) is 8.83. The van der Waals surface area contributed by atoms with Gasteiger partial charge in [0.05, 0.1) is 13.2 Å². The summed E-state index contributed by atoms with van der Waals surface area (Å²) in [6, 6.07) is -0.263. The number of urea groups is 1. The minimum Gasteiger partial charge on any atom is -0.383 e. The molecule has 6 nitrogen and oxygen atoms in total. The maximum atomic E-state index is 11.1. The van der Waals surface area contributed by atoms with Crippen molar-refractivity contribution < 1.29 is 19.0 Å². The maximum Gasteiger partial charge on any atom is 0.315 e. The van der Waals surface area contributed by atoms with Crippen molar-refractivity contribution in [2.45, 2.75) is 6.29 Å². The normalized spacial score (nSPS) is 10.3. The van der Waals surface area contributed by atoms with Gasteiger partial charge in [0.25, 0.3) is 0 Å². The average molecular weight is 206 g/mol. The number of hydrogen-bond acceptors (Lipinski definition) is 4. The standard InChI is InChI=1S/C8H18N2O4/c1-12-5-4-9-8(11)10-6-7(13-2)14-3/h7H,4-6H2,1-3H3,(H2,9,10,11). The van der Waals surface area contributed by atoms with E-state index >= 15 is 0 Å². The largest absolute Gasteiger partial charge is 0.383 e. The van der Waals surface area contributed by atoms with Crippen LogP contribution in [0.25, 0.3) is 0 Å². The molecule has 0 aromatic heterocycles. The third-order valence-corrected chi connectivity index (χ3v) is 1.55. The summed E-state index contributed by atoms with van der Waals surface area (Å²) in [4.78, 5) is 11.1. The molecule has 0 aliphatic carbocycles. The second-order valence-corrected chi connectivity index (χ2v) is 2.53. The molecule has 0 bridgehead atoms. The van der Waals surface area contributed by atoms with E-state index in [4.69, 9.17) is 14.2 Å². The molecule has 0 heterocycles. The summed E-state index contributed by atoms with van der Waals surface area (Å²) in [6.07, 6.45) is -0.414. The van der Waals surface area contributed by atoms with Crippen LogP contribution in [0.3, 0.4) is 0 Å². The predicted octanol–water partition coefficient (Wildman–Crippen LogP) is -0.449. The molecule has 0 atom stereocenters. The molecule has 0 aromatic carbocycles. The minimum atomic E-state index is -0.414. The number of amides is 2. The van der Waals surface area contributed by atoms with E-state index < -0.39 is 6.29 Å². The minimum absolute atomic E-state index is 0.263. The molecular formula is C8H18N2O4. The van der Waals surface area contributed by atoms with Crippen molar-refractivity contribution in [1.29, 1.82) is 0 Å². The quantitative estimate of drug-likeness (QED) is 0.437. The first-order valence-electron chi connectivity index (χ1n) is 4.30. The molecule has 0 saturated carbocycles. The van der Waals surface area contributed by atoms with Gasteiger partial charge in [0, 0.05) is 27.9 Å². The van der Waals surface area contributed by atoms with Crippen LogP contribution < -0.4 is 10.6 Å². The molecule has 14 heavy (non-hydrogen) atoms. The molecule has 84 valence electrons. The Kier molecular flexibility index (Phi) is 8.20. The lowest BCUT2D eigenvalue weighted by Gasteiger charge is -2.14. The third-order valence-electron chi connectivity index (χ3n) is 1.55. The van der Waals surface area contributed by atoms with E-state index in [0.717, 1.165) is 0 Å². The number of carbonyl (C=O) groups excluding carboxylic acids is 1. The van der Waals surface area contributed by atoms with E-state index in [1.54, 1.807) is 7.11 Å². The molecule has 0 rings (SSSR count). The fourth-order valence-corrected chi connectivity index (χ4v) is 0.768. The Hall–Kier alpha value is -0.850. The Bertz CT molecular complexity index is 150. The molecular weight excluding hydrogens is 188 g/mol. The highest BCUT2D eigenvalue weighted by Gasteiger charge is 2.06. The molecule has 0 unspecified atom stereocenters. The molecule has 0 saturated heterocycles. The molecule has 0 aromatic rings. The average Bonchev–Trinajstić information content (AvgIpc) is 2.20. The van der Waals surface area contributed by atoms with Crippen molar-refractivity contribution >= 4 is 6.03 Å². The summed E-state index contributed by atoms with van der Waals surface area (Å²) in [5.74, 6) is 0. The van der Waals surface area contributed by atoms with Crippen molar-refractivity contribution in [3.63, 3.8) is 0 Å². The van der Waals surface area contributed by atoms with Crippen molar-refractivity contribution in [2.75, 3.05) is 41.0 Å². The van der Waals surface area contributed by atoms with Gasteiger partial charge < -0.3 is 24.8 Å².